The molecule has 154 valence electrons. The first-order valence-electron chi connectivity index (χ1n) is 10.5. The summed E-state index contributed by atoms with van der Waals surface area (Å²) in [5.74, 6) is 0. The lowest BCUT2D eigenvalue weighted by Crippen LogP contribution is -1.97. The van der Waals surface area contributed by atoms with Crippen LogP contribution in [0.5, 0.6) is 0 Å². The fourth-order valence-electron chi connectivity index (χ4n) is 4.05. The average molecular weight is 433 g/mol. The summed E-state index contributed by atoms with van der Waals surface area (Å²) in [6.45, 7) is 5.94. The molecule has 3 heteroatoms. The highest BCUT2D eigenvalue weighted by atomic mass is 35.5. The predicted molar refractivity (Wildman–Crippen MR) is 135 cm³/mol. The quantitative estimate of drug-likeness (QED) is 0.304. The number of hydrogen-bond acceptors (Lipinski definition) is 2. The van der Waals surface area contributed by atoms with Gasteiger partial charge in [-0.25, -0.2) is 0 Å². The van der Waals surface area contributed by atoms with Gasteiger partial charge in [-0.1, -0.05) is 78.3 Å². The summed E-state index contributed by atoms with van der Waals surface area (Å²) in [6, 6.07) is 32.6. The molecule has 2 radical (unpaired) electrons. The van der Waals surface area contributed by atoms with E-state index in [0.29, 0.717) is 5.02 Å². The van der Waals surface area contributed by atoms with Crippen LogP contribution in [-0.2, 0) is 6.42 Å². The van der Waals surface area contributed by atoms with Crippen molar-refractivity contribution < 1.29 is 0 Å². The number of aromatic nitrogens is 1. The summed E-state index contributed by atoms with van der Waals surface area (Å²) in [6.07, 6.45) is 2.74. The molecule has 32 heavy (non-hydrogen) atoms. The molecule has 0 fully saturated rings. The Labute approximate surface area is 193 Å². The highest BCUT2D eigenvalue weighted by molar-refractivity contribution is 6.35. The molecule has 4 aromatic carbocycles. The van der Waals surface area contributed by atoms with Crippen molar-refractivity contribution in [3.05, 3.63) is 132 Å². The zero-order valence-corrected chi connectivity index (χ0v) is 18.2. The molecule has 2 nitrogen and oxygen atoms in total. The molecule has 1 aromatic heterocycles. The van der Waals surface area contributed by atoms with Crippen LogP contribution in [0.25, 0.3) is 22.0 Å². The molecule has 0 aliphatic heterocycles. The monoisotopic (exact) mass is 432 g/mol. The van der Waals surface area contributed by atoms with Crippen molar-refractivity contribution in [1.82, 2.24) is 4.98 Å². The van der Waals surface area contributed by atoms with Crippen LogP contribution < -0.4 is 5.32 Å². The second kappa shape index (κ2) is 8.86. The highest BCUT2D eigenvalue weighted by Crippen LogP contribution is 2.36. The van der Waals surface area contributed by atoms with Crippen molar-refractivity contribution >= 4 is 33.9 Å². The first-order valence-corrected chi connectivity index (χ1v) is 10.9. The van der Waals surface area contributed by atoms with Gasteiger partial charge in [-0.2, -0.15) is 0 Å². The molecule has 1 N–H and O–H groups in total. The molecule has 0 aliphatic rings. The number of fused-ring (bicyclic) bond motifs is 1. The maximum absolute atomic E-state index is 6.50. The van der Waals surface area contributed by atoms with E-state index in [2.05, 4.69) is 59.9 Å². The Morgan fingerprint density at radius 3 is 2.34 bits per heavy atom. The van der Waals surface area contributed by atoms with Gasteiger partial charge in [0.2, 0.25) is 0 Å². The molecule has 0 saturated carbocycles. The first kappa shape index (κ1) is 20.3. The van der Waals surface area contributed by atoms with Crippen molar-refractivity contribution in [2.24, 2.45) is 0 Å². The Hall–Kier alpha value is -3.62. The minimum absolute atomic E-state index is 0.657. The first-order chi connectivity index (χ1) is 15.7. The highest BCUT2D eigenvalue weighted by Gasteiger charge is 2.14. The van der Waals surface area contributed by atoms with Crippen molar-refractivity contribution in [1.29, 1.82) is 0 Å². The molecule has 5 aromatic rings. The molecule has 1 heterocycles. The van der Waals surface area contributed by atoms with Crippen LogP contribution in [0.15, 0.2) is 103 Å². The molecular formula is C29H21ClN2. The van der Waals surface area contributed by atoms with Crippen LogP contribution in [-0.4, -0.2) is 4.98 Å². The minimum Gasteiger partial charge on any atom is -0.356 e. The molecule has 0 bridgehead atoms. The lowest BCUT2D eigenvalue weighted by Gasteiger charge is -2.15. The summed E-state index contributed by atoms with van der Waals surface area (Å²) >= 11 is 6.50. The third kappa shape index (κ3) is 4.23. The van der Waals surface area contributed by atoms with E-state index in [-0.39, 0.29) is 0 Å². The lowest BCUT2D eigenvalue weighted by atomic mass is 9.92. The van der Waals surface area contributed by atoms with E-state index >= 15 is 0 Å². The molecule has 0 atom stereocenters. The average Bonchev–Trinajstić information content (AvgIpc) is 2.80. The molecular weight excluding hydrogens is 412 g/mol. The number of para-hydroxylation sites is 1. The van der Waals surface area contributed by atoms with Gasteiger partial charge < -0.3 is 5.32 Å². The van der Waals surface area contributed by atoms with Gasteiger partial charge in [-0.15, -0.1) is 0 Å². The second-order valence-electron chi connectivity index (χ2n) is 7.79. The number of anilines is 2. The zero-order valence-electron chi connectivity index (χ0n) is 17.4. The Morgan fingerprint density at radius 1 is 0.781 bits per heavy atom. The molecule has 5 rings (SSSR count). The zero-order chi connectivity index (χ0) is 21.9. The number of rotatable bonds is 5. The van der Waals surface area contributed by atoms with Crippen molar-refractivity contribution in [3.63, 3.8) is 0 Å². The van der Waals surface area contributed by atoms with Crippen LogP contribution in [0.2, 0.25) is 5.02 Å². The van der Waals surface area contributed by atoms with Crippen LogP contribution in [0, 0.1) is 6.92 Å². The SMILES string of the molecule is [CH]c1cccc(Nc2cccc(-c3c(Cc4ccccc4)cnc4c(Cl)cccc34)c2)c1. The Balaban J connectivity index is 1.63. The fourth-order valence-corrected chi connectivity index (χ4v) is 4.28. The van der Waals surface area contributed by atoms with E-state index in [1.54, 1.807) is 0 Å². The van der Waals surface area contributed by atoms with Crippen LogP contribution in [0.1, 0.15) is 16.7 Å². The van der Waals surface area contributed by atoms with Gasteiger partial charge in [0.1, 0.15) is 0 Å². The van der Waals surface area contributed by atoms with E-state index in [1.165, 1.54) is 5.56 Å². The van der Waals surface area contributed by atoms with E-state index in [4.69, 9.17) is 23.5 Å². The van der Waals surface area contributed by atoms with Crippen molar-refractivity contribution in [2.45, 2.75) is 6.42 Å². The fraction of sp³-hybridized carbons (Fsp3) is 0.0345. The summed E-state index contributed by atoms with van der Waals surface area (Å²) < 4.78 is 0. The number of hydrogen-bond donors (Lipinski definition) is 1. The van der Waals surface area contributed by atoms with Gasteiger partial charge in [0.25, 0.3) is 0 Å². The number of halogens is 1. The van der Waals surface area contributed by atoms with Gasteiger partial charge in [-0.3, -0.25) is 4.98 Å². The van der Waals surface area contributed by atoms with Gasteiger partial charge >= 0.3 is 0 Å². The van der Waals surface area contributed by atoms with E-state index in [0.717, 1.165) is 51.0 Å². The number of nitrogens with zero attached hydrogens (tertiary/aromatic N) is 1. The summed E-state index contributed by atoms with van der Waals surface area (Å²) in [4.78, 5) is 4.70. The number of benzene rings is 4. The Kier molecular flexibility index (Phi) is 5.62. The lowest BCUT2D eigenvalue weighted by molar-refractivity contribution is 1.17. The maximum atomic E-state index is 6.50. The maximum Gasteiger partial charge on any atom is 0.0894 e. The second-order valence-corrected chi connectivity index (χ2v) is 8.20. The normalized spacial score (nSPS) is 10.9. The molecule has 0 spiro atoms. The topological polar surface area (TPSA) is 24.9 Å². The Bertz CT molecular complexity index is 1390. The summed E-state index contributed by atoms with van der Waals surface area (Å²) in [7, 11) is 0. The summed E-state index contributed by atoms with van der Waals surface area (Å²) in [5, 5.41) is 5.17. The largest absolute Gasteiger partial charge is 0.356 e. The van der Waals surface area contributed by atoms with Crippen molar-refractivity contribution in [2.75, 3.05) is 5.32 Å². The van der Waals surface area contributed by atoms with Gasteiger partial charge in [-0.05, 0) is 71.5 Å². The molecule has 0 amide bonds. The minimum atomic E-state index is 0.657. The van der Waals surface area contributed by atoms with Gasteiger partial charge in [0.15, 0.2) is 0 Å². The molecule has 0 aliphatic carbocycles. The molecule has 0 unspecified atom stereocenters. The number of nitrogens with one attached hydrogen (secondary N) is 1. The van der Waals surface area contributed by atoms with E-state index in [1.807, 2.05) is 48.7 Å². The smallest absolute Gasteiger partial charge is 0.0894 e. The van der Waals surface area contributed by atoms with Crippen LogP contribution >= 0.6 is 11.6 Å². The van der Waals surface area contributed by atoms with E-state index < -0.39 is 0 Å². The number of pyridine rings is 1. The molecule has 0 saturated heterocycles. The summed E-state index contributed by atoms with van der Waals surface area (Å²) in [5.41, 5.74) is 8.15. The third-order valence-electron chi connectivity index (χ3n) is 5.49. The van der Waals surface area contributed by atoms with Crippen LogP contribution in [0.4, 0.5) is 11.4 Å². The predicted octanol–water partition coefficient (Wildman–Crippen LogP) is 7.95. The van der Waals surface area contributed by atoms with Crippen LogP contribution in [0.3, 0.4) is 0 Å². The van der Waals surface area contributed by atoms with Crippen molar-refractivity contribution in [3.8, 4) is 11.1 Å². The Morgan fingerprint density at radius 2 is 1.53 bits per heavy atom. The third-order valence-corrected chi connectivity index (χ3v) is 5.80. The van der Waals surface area contributed by atoms with Gasteiger partial charge in [0.05, 0.1) is 10.5 Å². The van der Waals surface area contributed by atoms with E-state index in [9.17, 15) is 0 Å². The van der Waals surface area contributed by atoms with Gasteiger partial charge in [0, 0.05) is 23.0 Å². The standard InChI is InChI=1S/C29H21ClN2/c1-20-8-5-12-24(16-20)32-25-13-6-11-22(18-25)28-23(17-21-9-3-2-4-10-21)19-31-29-26(28)14-7-15-27(29)30/h1-16,18-19,32H,17H2.